The molecule has 0 aliphatic carbocycles. The lowest BCUT2D eigenvalue weighted by atomic mass is 10.0. The summed E-state index contributed by atoms with van der Waals surface area (Å²) < 4.78 is 65.1. The van der Waals surface area contributed by atoms with E-state index in [2.05, 4.69) is 16.1 Å². The molecule has 0 radical (unpaired) electrons. The van der Waals surface area contributed by atoms with Crippen LogP contribution in [0.3, 0.4) is 0 Å². The van der Waals surface area contributed by atoms with Crippen molar-refractivity contribution in [3.8, 4) is 5.75 Å². The number of aryl methyl sites for hydroxylation is 1. The third-order valence-corrected chi connectivity index (χ3v) is 5.01. The van der Waals surface area contributed by atoms with Crippen LogP contribution in [-0.4, -0.2) is 18.9 Å². The number of fused-ring (bicyclic) bond motifs is 1. The van der Waals surface area contributed by atoms with Gasteiger partial charge >= 0.3 is 15.6 Å². The first-order valence-corrected chi connectivity index (χ1v) is 9.64. The molecule has 0 aliphatic rings. The van der Waals surface area contributed by atoms with Gasteiger partial charge in [0.05, 0.1) is 11.1 Å². The summed E-state index contributed by atoms with van der Waals surface area (Å²) in [5, 5.41) is 0.128. The zero-order chi connectivity index (χ0) is 19.5. The summed E-state index contributed by atoms with van der Waals surface area (Å²) >= 11 is 0. The van der Waals surface area contributed by atoms with Crippen molar-refractivity contribution >= 4 is 21.0 Å². The third-order valence-electron chi connectivity index (χ3n) is 4.05. The SMILES string of the molecule is CCCCCCc1ccc2[nH]c(=O)c(C)c(OS(=O)(=O)C(F)(F)F)c2c1. The molecule has 1 aromatic heterocycles. The Balaban J connectivity index is 2.49. The van der Waals surface area contributed by atoms with Crippen LogP contribution < -0.4 is 9.74 Å². The number of nitrogens with one attached hydrogen (secondary N) is 1. The molecule has 0 saturated heterocycles. The highest BCUT2D eigenvalue weighted by molar-refractivity contribution is 7.88. The van der Waals surface area contributed by atoms with Crippen LogP contribution in [0.2, 0.25) is 0 Å². The third kappa shape index (κ3) is 4.38. The lowest BCUT2D eigenvalue weighted by Gasteiger charge is -2.14. The number of pyridine rings is 1. The maximum Gasteiger partial charge on any atom is 0.534 e. The number of alkyl halides is 3. The van der Waals surface area contributed by atoms with E-state index in [0.717, 1.165) is 31.2 Å². The number of benzene rings is 1. The molecule has 0 saturated carbocycles. The number of hydrogen-bond acceptors (Lipinski definition) is 4. The Morgan fingerprint density at radius 2 is 1.85 bits per heavy atom. The summed E-state index contributed by atoms with van der Waals surface area (Å²) in [6.07, 6.45) is 4.77. The van der Waals surface area contributed by atoms with Gasteiger partial charge in [-0.25, -0.2) is 0 Å². The predicted molar refractivity (Wildman–Crippen MR) is 92.8 cm³/mol. The Hall–Kier alpha value is -2.03. The smallest absolute Gasteiger partial charge is 0.375 e. The van der Waals surface area contributed by atoms with E-state index in [1.165, 1.54) is 6.92 Å². The van der Waals surface area contributed by atoms with E-state index in [9.17, 15) is 26.4 Å². The van der Waals surface area contributed by atoms with Crippen molar-refractivity contribution in [2.24, 2.45) is 0 Å². The molecule has 0 unspecified atom stereocenters. The highest BCUT2D eigenvalue weighted by Gasteiger charge is 2.49. The molecule has 1 aromatic carbocycles. The van der Waals surface area contributed by atoms with E-state index in [1.54, 1.807) is 18.2 Å². The van der Waals surface area contributed by atoms with Gasteiger partial charge in [-0.1, -0.05) is 32.3 Å². The lowest BCUT2D eigenvalue weighted by molar-refractivity contribution is -0.0499. The number of halogens is 3. The van der Waals surface area contributed by atoms with Gasteiger partial charge in [-0.15, -0.1) is 0 Å². The first-order chi connectivity index (χ1) is 12.1. The van der Waals surface area contributed by atoms with E-state index in [4.69, 9.17) is 0 Å². The molecule has 1 N–H and O–H groups in total. The normalized spacial score (nSPS) is 12.5. The minimum Gasteiger partial charge on any atom is -0.375 e. The Morgan fingerprint density at radius 1 is 1.15 bits per heavy atom. The van der Waals surface area contributed by atoms with Gasteiger partial charge < -0.3 is 9.17 Å². The van der Waals surface area contributed by atoms with Crippen LogP contribution in [0, 0.1) is 6.92 Å². The van der Waals surface area contributed by atoms with Crippen LogP contribution in [0.5, 0.6) is 5.75 Å². The molecule has 144 valence electrons. The van der Waals surface area contributed by atoms with E-state index in [0.29, 0.717) is 6.42 Å². The molecule has 5 nitrogen and oxygen atoms in total. The Labute approximate surface area is 149 Å². The molecule has 0 fully saturated rings. The van der Waals surface area contributed by atoms with Crippen LogP contribution in [0.1, 0.15) is 43.7 Å². The molecule has 2 rings (SSSR count). The summed E-state index contributed by atoms with van der Waals surface area (Å²) in [5.41, 5.74) is -5.47. The van der Waals surface area contributed by atoms with Crippen LogP contribution in [0.15, 0.2) is 23.0 Å². The fourth-order valence-electron chi connectivity index (χ4n) is 2.59. The van der Waals surface area contributed by atoms with Gasteiger partial charge in [0.1, 0.15) is 0 Å². The van der Waals surface area contributed by atoms with Crippen molar-refractivity contribution in [3.05, 3.63) is 39.7 Å². The van der Waals surface area contributed by atoms with E-state index in [1.807, 2.05) is 0 Å². The van der Waals surface area contributed by atoms with Gasteiger partial charge in [-0.2, -0.15) is 21.6 Å². The minimum absolute atomic E-state index is 0.128. The molecule has 9 heteroatoms. The second-order valence-electron chi connectivity index (χ2n) is 6.08. The van der Waals surface area contributed by atoms with Gasteiger partial charge in [0.2, 0.25) is 0 Å². The van der Waals surface area contributed by atoms with Crippen LogP contribution >= 0.6 is 0 Å². The molecule has 1 heterocycles. The number of H-pyrrole nitrogens is 1. The van der Waals surface area contributed by atoms with Crippen LogP contribution in [-0.2, 0) is 16.5 Å². The maximum absolute atomic E-state index is 12.7. The van der Waals surface area contributed by atoms with Crippen molar-refractivity contribution in [2.75, 3.05) is 0 Å². The summed E-state index contributed by atoms with van der Waals surface area (Å²) in [5.74, 6) is -0.587. The Morgan fingerprint density at radius 3 is 2.46 bits per heavy atom. The summed E-state index contributed by atoms with van der Waals surface area (Å²) in [7, 11) is -5.87. The molecular weight excluding hydrogens is 371 g/mol. The molecule has 0 spiro atoms. The first kappa shape index (κ1) is 20.3. The monoisotopic (exact) mass is 391 g/mol. The fraction of sp³-hybridized carbons (Fsp3) is 0.471. The number of aromatic nitrogens is 1. The maximum atomic E-state index is 12.7. The summed E-state index contributed by atoms with van der Waals surface area (Å²) in [6, 6.07) is 4.85. The van der Waals surface area contributed by atoms with E-state index < -0.39 is 26.9 Å². The molecule has 0 bridgehead atoms. The number of aromatic amines is 1. The minimum atomic E-state index is -5.87. The van der Waals surface area contributed by atoms with Crippen LogP contribution in [0.4, 0.5) is 13.2 Å². The van der Waals surface area contributed by atoms with Crippen molar-refractivity contribution in [1.82, 2.24) is 4.98 Å². The van der Waals surface area contributed by atoms with Crippen molar-refractivity contribution in [2.45, 2.75) is 51.5 Å². The topological polar surface area (TPSA) is 76.2 Å². The van der Waals surface area contributed by atoms with Gasteiger partial charge in [0.15, 0.2) is 5.75 Å². The first-order valence-electron chi connectivity index (χ1n) is 8.23. The van der Waals surface area contributed by atoms with Crippen molar-refractivity contribution in [1.29, 1.82) is 0 Å². The van der Waals surface area contributed by atoms with Crippen molar-refractivity contribution in [3.63, 3.8) is 0 Å². The van der Waals surface area contributed by atoms with Crippen LogP contribution in [0.25, 0.3) is 10.9 Å². The highest BCUT2D eigenvalue weighted by atomic mass is 32.2. The molecule has 26 heavy (non-hydrogen) atoms. The fourth-order valence-corrected chi connectivity index (χ4v) is 3.11. The number of unbranched alkanes of at least 4 members (excludes halogenated alkanes) is 3. The molecule has 0 amide bonds. The predicted octanol–water partition coefficient (Wildman–Crippen LogP) is 4.19. The van der Waals surface area contributed by atoms with E-state index in [-0.39, 0.29) is 16.5 Å². The average molecular weight is 391 g/mol. The second-order valence-corrected chi connectivity index (χ2v) is 7.62. The number of hydrogen-bond donors (Lipinski definition) is 1. The van der Waals surface area contributed by atoms with Gasteiger partial charge in [0, 0.05) is 5.39 Å². The quantitative estimate of drug-likeness (QED) is 0.436. The molecule has 0 aliphatic heterocycles. The standard InChI is InChI=1S/C17H20F3NO4S/c1-3-4-5-6-7-12-8-9-14-13(10-12)15(11(2)16(22)21-14)25-26(23,24)17(18,19)20/h8-10H,3-7H2,1-2H3,(H,21,22). The molecule has 0 atom stereocenters. The largest absolute Gasteiger partial charge is 0.534 e. The van der Waals surface area contributed by atoms with E-state index >= 15 is 0 Å². The van der Waals surface area contributed by atoms with Gasteiger partial charge in [-0.05, 0) is 37.5 Å². The average Bonchev–Trinajstić information content (AvgIpc) is 2.55. The molecule has 2 aromatic rings. The number of rotatable bonds is 7. The lowest BCUT2D eigenvalue weighted by Crippen LogP contribution is -2.29. The van der Waals surface area contributed by atoms with Gasteiger partial charge in [-0.3, -0.25) is 4.79 Å². The zero-order valence-electron chi connectivity index (χ0n) is 14.4. The Kier molecular flexibility index (Phi) is 6.00. The summed E-state index contributed by atoms with van der Waals surface area (Å²) in [4.78, 5) is 14.4. The Bertz CT molecular complexity index is 949. The van der Waals surface area contributed by atoms with Gasteiger partial charge in [0.25, 0.3) is 5.56 Å². The highest BCUT2D eigenvalue weighted by Crippen LogP contribution is 2.33. The summed E-state index contributed by atoms with van der Waals surface area (Å²) in [6.45, 7) is 3.30. The zero-order valence-corrected chi connectivity index (χ0v) is 15.3. The van der Waals surface area contributed by atoms with Crippen molar-refractivity contribution < 1.29 is 25.8 Å². The second kappa shape index (κ2) is 7.69. The molecular formula is C17H20F3NO4S.